The standard InChI is InChI=1S/C18H20N2O4S/c21-18(22)16-3-5-17(6-4-16)25(23,24)20-10-7-14(8-11-20)12-15-2-1-9-19-13-15/h1-6,9,13-14H,7-8,10-12H2,(H,21,22). The smallest absolute Gasteiger partial charge is 0.335 e. The van der Waals surface area contributed by atoms with Crippen molar-refractivity contribution < 1.29 is 18.3 Å². The second-order valence-corrected chi connectivity index (χ2v) is 8.18. The molecule has 3 rings (SSSR count). The SMILES string of the molecule is O=C(O)c1ccc(S(=O)(=O)N2CCC(Cc3cccnc3)CC2)cc1. The first-order valence-corrected chi connectivity index (χ1v) is 9.63. The lowest BCUT2D eigenvalue weighted by Crippen LogP contribution is -2.38. The fourth-order valence-corrected chi connectivity index (χ4v) is 4.59. The summed E-state index contributed by atoms with van der Waals surface area (Å²) in [7, 11) is -3.57. The molecule has 1 aliphatic heterocycles. The summed E-state index contributed by atoms with van der Waals surface area (Å²) in [6, 6.07) is 9.32. The average Bonchev–Trinajstić information content (AvgIpc) is 2.63. The van der Waals surface area contributed by atoms with Crippen LogP contribution >= 0.6 is 0 Å². The van der Waals surface area contributed by atoms with Crippen LogP contribution in [0.2, 0.25) is 0 Å². The summed E-state index contributed by atoms with van der Waals surface area (Å²) >= 11 is 0. The number of aromatic nitrogens is 1. The molecule has 0 radical (unpaired) electrons. The van der Waals surface area contributed by atoms with E-state index in [2.05, 4.69) is 4.98 Å². The van der Waals surface area contributed by atoms with Crippen molar-refractivity contribution in [3.63, 3.8) is 0 Å². The number of benzene rings is 1. The van der Waals surface area contributed by atoms with Crippen LogP contribution in [0.5, 0.6) is 0 Å². The molecule has 0 spiro atoms. The van der Waals surface area contributed by atoms with Gasteiger partial charge in [-0.15, -0.1) is 0 Å². The van der Waals surface area contributed by atoms with Gasteiger partial charge >= 0.3 is 5.97 Å². The Morgan fingerprint density at radius 3 is 2.40 bits per heavy atom. The lowest BCUT2D eigenvalue weighted by Gasteiger charge is -2.31. The van der Waals surface area contributed by atoms with Crippen LogP contribution in [0.4, 0.5) is 0 Å². The molecule has 1 fully saturated rings. The minimum atomic E-state index is -3.57. The zero-order chi connectivity index (χ0) is 17.9. The zero-order valence-corrected chi connectivity index (χ0v) is 14.5. The second kappa shape index (κ2) is 7.33. The van der Waals surface area contributed by atoms with Gasteiger partial charge in [0, 0.05) is 25.5 Å². The van der Waals surface area contributed by atoms with Gasteiger partial charge in [0.15, 0.2) is 0 Å². The largest absolute Gasteiger partial charge is 0.478 e. The highest BCUT2D eigenvalue weighted by molar-refractivity contribution is 7.89. The van der Waals surface area contributed by atoms with Crippen molar-refractivity contribution in [3.05, 3.63) is 59.9 Å². The van der Waals surface area contributed by atoms with Gasteiger partial charge in [-0.2, -0.15) is 4.31 Å². The number of hydrogen-bond acceptors (Lipinski definition) is 4. The Kier molecular flexibility index (Phi) is 5.15. The Morgan fingerprint density at radius 1 is 1.16 bits per heavy atom. The Labute approximate surface area is 147 Å². The number of carbonyl (C=O) groups is 1. The number of carboxylic acids is 1. The number of nitrogens with zero attached hydrogens (tertiary/aromatic N) is 2. The molecule has 0 amide bonds. The van der Waals surface area contributed by atoms with Crippen molar-refractivity contribution in [1.29, 1.82) is 0 Å². The van der Waals surface area contributed by atoms with Crippen LogP contribution in [-0.2, 0) is 16.4 Å². The molecule has 2 aromatic rings. The molecule has 2 heterocycles. The quantitative estimate of drug-likeness (QED) is 0.885. The number of carboxylic acid groups (broad SMARTS) is 1. The van der Waals surface area contributed by atoms with Crippen LogP contribution in [0.25, 0.3) is 0 Å². The van der Waals surface area contributed by atoms with Crippen molar-refractivity contribution in [3.8, 4) is 0 Å². The van der Waals surface area contributed by atoms with E-state index in [1.807, 2.05) is 18.3 Å². The van der Waals surface area contributed by atoms with Gasteiger partial charge in [-0.25, -0.2) is 13.2 Å². The van der Waals surface area contributed by atoms with Crippen molar-refractivity contribution in [1.82, 2.24) is 9.29 Å². The molecule has 0 bridgehead atoms. The minimum absolute atomic E-state index is 0.0779. The first-order chi connectivity index (χ1) is 12.0. The van der Waals surface area contributed by atoms with Crippen LogP contribution in [0, 0.1) is 5.92 Å². The van der Waals surface area contributed by atoms with E-state index in [0.717, 1.165) is 19.3 Å². The highest BCUT2D eigenvalue weighted by atomic mass is 32.2. The van der Waals surface area contributed by atoms with E-state index in [4.69, 9.17) is 5.11 Å². The predicted octanol–water partition coefficient (Wildman–Crippen LogP) is 2.42. The number of aromatic carboxylic acids is 1. The molecule has 1 aromatic carbocycles. The molecule has 25 heavy (non-hydrogen) atoms. The minimum Gasteiger partial charge on any atom is -0.478 e. The summed E-state index contributed by atoms with van der Waals surface area (Å²) in [5, 5.41) is 8.91. The summed E-state index contributed by atoms with van der Waals surface area (Å²) in [4.78, 5) is 15.1. The molecule has 0 atom stereocenters. The number of sulfonamides is 1. The molecular formula is C18H20N2O4S. The highest BCUT2D eigenvalue weighted by Crippen LogP contribution is 2.26. The van der Waals surface area contributed by atoms with Gasteiger partial charge in [0.25, 0.3) is 0 Å². The molecule has 1 N–H and O–H groups in total. The summed E-state index contributed by atoms with van der Waals surface area (Å²) < 4.78 is 26.9. The van der Waals surface area contributed by atoms with Crippen LogP contribution in [0.3, 0.4) is 0 Å². The first-order valence-electron chi connectivity index (χ1n) is 8.19. The summed E-state index contributed by atoms with van der Waals surface area (Å²) in [6.45, 7) is 0.960. The monoisotopic (exact) mass is 360 g/mol. The molecule has 0 saturated carbocycles. The van der Waals surface area contributed by atoms with Crippen molar-refractivity contribution in [2.45, 2.75) is 24.2 Å². The van der Waals surface area contributed by atoms with E-state index in [9.17, 15) is 13.2 Å². The van der Waals surface area contributed by atoms with E-state index in [1.54, 1.807) is 6.20 Å². The third-order valence-electron chi connectivity index (χ3n) is 4.56. The number of rotatable bonds is 5. The van der Waals surface area contributed by atoms with Gasteiger partial charge in [-0.1, -0.05) is 6.07 Å². The molecular weight excluding hydrogens is 340 g/mol. The molecule has 0 aliphatic carbocycles. The van der Waals surface area contributed by atoms with Gasteiger partial charge in [0.1, 0.15) is 0 Å². The Bertz CT molecular complexity index is 827. The van der Waals surface area contributed by atoms with Gasteiger partial charge in [-0.3, -0.25) is 4.98 Å². The normalized spacial score (nSPS) is 16.6. The van der Waals surface area contributed by atoms with E-state index in [1.165, 1.54) is 34.1 Å². The summed E-state index contributed by atoms with van der Waals surface area (Å²) in [6.07, 6.45) is 6.12. The van der Waals surface area contributed by atoms with E-state index in [-0.39, 0.29) is 10.5 Å². The lowest BCUT2D eigenvalue weighted by atomic mass is 9.92. The van der Waals surface area contributed by atoms with Crippen LogP contribution in [-0.4, -0.2) is 41.9 Å². The highest BCUT2D eigenvalue weighted by Gasteiger charge is 2.29. The van der Waals surface area contributed by atoms with Gasteiger partial charge in [-0.05, 0) is 61.1 Å². The van der Waals surface area contributed by atoms with Crippen molar-refractivity contribution >= 4 is 16.0 Å². The van der Waals surface area contributed by atoms with E-state index >= 15 is 0 Å². The Hall–Kier alpha value is -2.25. The summed E-state index contributed by atoms with van der Waals surface area (Å²) in [5.74, 6) is -0.620. The van der Waals surface area contributed by atoms with E-state index in [0.29, 0.717) is 19.0 Å². The maximum absolute atomic E-state index is 12.7. The number of pyridine rings is 1. The van der Waals surface area contributed by atoms with Crippen molar-refractivity contribution in [2.75, 3.05) is 13.1 Å². The van der Waals surface area contributed by atoms with Gasteiger partial charge in [0.05, 0.1) is 10.5 Å². The van der Waals surface area contributed by atoms with Crippen molar-refractivity contribution in [2.24, 2.45) is 5.92 Å². The molecule has 0 unspecified atom stereocenters. The van der Waals surface area contributed by atoms with Crippen LogP contribution in [0.15, 0.2) is 53.7 Å². The maximum Gasteiger partial charge on any atom is 0.335 e. The molecule has 1 saturated heterocycles. The predicted molar refractivity (Wildman–Crippen MR) is 92.8 cm³/mol. The first kappa shape index (κ1) is 17.6. The molecule has 6 nitrogen and oxygen atoms in total. The Morgan fingerprint density at radius 2 is 1.84 bits per heavy atom. The molecule has 1 aromatic heterocycles. The second-order valence-electron chi connectivity index (χ2n) is 6.24. The van der Waals surface area contributed by atoms with E-state index < -0.39 is 16.0 Å². The van der Waals surface area contributed by atoms with Crippen LogP contribution < -0.4 is 0 Å². The third-order valence-corrected chi connectivity index (χ3v) is 6.47. The van der Waals surface area contributed by atoms with Crippen LogP contribution in [0.1, 0.15) is 28.8 Å². The van der Waals surface area contributed by atoms with Gasteiger partial charge < -0.3 is 5.11 Å². The molecule has 1 aliphatic rings. The average molecular weight is 360 g/mol. The number of piperidine rings is 1. The fourth-order valence-electron chi connectivity index (χ4n) is 3.12. The topological polar surface area (TPSA) is 87.6 Å². The number of hydrogen-bond donors (Lipinski definition) is 1. The zero-order valence-electron chi connectivity index (χ0n) is 13.7. The van der Waals surface area contributed by atoms with Gasteiger partial charge in [0.2, 0.25) is 10.0 Å². The summed E-state index contributed by atoms with van der Waals surface area (Å²) in [5.41, 5.74) is 1.25. The fraction of sp³-hybridized carbons (Fsp3) is 0.333. The third kappa shape index (κ3) is 4.05. The Balaban J connectivity index is 1.64. The lowest BCUT2D eigenvalue weighted by molar-refractivity contribution is 0.0696. The molecule has 132 valence electrons. The maximum atomic E-state index is 12.7. The molecule has 7 heteroatoms.